The maximum Gasteiger partial charge on any atom is 0.288 e. The van der Waals surface area contributed by atoms with E-state index in [1.807, 2.05) is 11.9 Å². The van der Waals surface area contributed by atoms with E-state index in [2.05, 4.69) is 4.72 Å². The number of nitrogens with zero attached hydrogens (tertiary/aromatic N) is 2. The molecule has 130 valence electrons. The fourth-order valence-electron chi connectivity index (χ4n) is 2.47. The fourth-order valence-corrected chi connectivity index (χ4v) is 4.26. The highest BCUT2D eigenvalue weighted by atomic mass is 32.2. The first kappa shape index (κ1) is 17.1. The molecule has 0 aliphatic carbocycles. The Morgan fingerprint density at radius 1 is 1.33 bits per heavy atom. The maximum atomic E-state index is 12.4. The van der Waals surface area contributed by atoms with Crippen molar-refractivity contribution in [2.24, 2.45) is 0 Å². The normalized spacial score (nSPS) is 17.9. The molecule has 24 heavy (non-hydrogen) atoms. The van der Waals surface area contributed by atoms with Gasteiger partial charge in [-0.1, -0.05) is 11.8 Å². The molecule has 10 heteroatoms. The van der Waals surface area contributed by atoms with Crippen molar-refractivity contribution in [2.75, 3.05) is 43.9 Å². The predicted octanol–water partition coefficient (Wildman–Crippen LogP) is 0.489. The average molecular weight is 371 g/mol. The molecule has 3 rings (SSSR count). The summed E-state index contributed by atoms with van der Waals surface area (Å²) in [5, 5.41) is -0.341. The molecule has 0 aromatic heterocycles. The van der Waals surface area contributed by atoms with Crippen LogP contribution >= 0.6 is 11.8 Å². The number of carbonyl (C=O) groups is 2. The second-order valence-corrected chi connectivity index (χ2v) is 8.09. The second-order valence-electron chi connectivity index (χ2n) is 5.40. The molecule has 8 nitrogen and oxygen atoms in total. The summed E-state index contributed by atoms with van der Waals surface area (Å²) in [5.74, 6) is 0.465. The highest BCUT2D eigenvalue weighted by Gasteiger charge is 2.29. The van der Waals surface area contributed by atoms with Crippen molar-refractivity contribution in [3.05, 3.63) is 18.2 Å². The van der Waals surface area contributed by atoms with Crippen LogP contribution in [0.2, 0.25) is 0 Å². The lowest BCUT2D eigenvalue weighted by Crippen LogP contribution is -2.37. The molecule has 0 spiro atoms. The summed E-state index contributed by atoms with van der Waals surface area (Å²) >= 11 is 0.924. The van der Waals surface area contributed by atoms with Crippen LogP contribution in [0.5, 0.6) is 5.75 Å². The summed E-state index contributed by atoms with van der Waals surface area (Å²) in [5.41, 5.74) is 0.713. The lowest BCUT2D eigenvalue weighted by Gasteiger charge is -2.28. The Labute approximate surface area is 144 Å². The Hall–Kier alpha value is -1.78. The molecule has 1 aromatic rings. The number of likely N-dealkylation sites (N-methyl/N-ethyl adjacent to an activating group) is 1. The number of hydrogen-bond acceptors (Lipinski definition) is 7. The molecule has 0 saturated carbocycles. The van der Waals surface area contributed by atoms with Gasteiger partial charge in [-0.25, -0.2) is 13.1 Å². The number of carbonyl (C=O) groups excluding carboxylic acids is 2. The van der Waals surface area contributed by atoms with Crippen molar-refractivity contribution < 1.29 is 22.7 Å². The number of imide groups is 1. The number of benzene rings is 1. The van der Waals surface area contributed by atoms with Crippen molar-refractivity contribution >= 4 is 38.6 Å². The summed E-state index contributed by atoms with van der Waals surface area (Å²) in [6.07, 6.45) is 0. The third-order valence-corrected chi connectivity index (χ3v) is 6.12. The summed E-state index contributed by atoms with van der Waals surface area (Å²) in [7, 11) is -1.86. The van der Waals surface area contributed by atoms with Gasteiger partial charge in [-0.05, 0) is 18.2 Å². The number of hydrogen-bond donors (Lipinski definition) is 1. The lowest BCUT2D eigenvalue weighted by molar-refractivity contribution is -0.124. The minimum Gasteiger partial charge on any atom is -0.490 e. The van der Waals surface area contributed by atoms with Gasteiger partial charge >= 0.3 is 0 Å². The molecule has 1 saturated heterocycles. The quantitative estimate of drug-likeness (QED) is 0.805. The Balaban J connectivity index is 1.68. The predicted molar refractivity (Wildman–Crippen MR) is 90.0 cm³/mol. The van der Waals surface area contributed by atoms with Crippen LogP contribution in [0.25, 0.3) is 0 Å². The molecule has 0 unspecified atom stereocenters. The first-order valence-electron chi connectivity index (χ1n) is 7.33. The smallest absolute Gasteiger partial charge is 0.288 e. The van der Waals surface area contributed by atoms with E-state index in [1.165, 1.54) is 6.07 Å². The molecule has 0 bridgehead atoms. The molecule has 0 radical (unpaired) electrons. The lowest BCUT2D eigenvalue weighted by atomic mass is 10.2. The van der Waals surface area contributed by atoms with Gasteiger partial charge in [0.2, 0.25) is 15.9 Å². The number of fused-ring (bicyclic) bond motifs is 1. The fraction of sp³-hybridized carbons (Fsp3) is 0.429. The SMILES string of the molecule is CN1CCOc2ccc(S(=O)(=O)NCCN3C(=O)CSC3=O)cc21. The summed E-state index contributed by atoms with van der Waals surface area (Å²) < 4.78 is 32.7. The van der Waals surface area contributed by atoms with Gasteiger partial charge in [0.25, 0.3) is 5.24 Å². The van der Waals surface area contributed by atoms with E-state index < -0.39 is 10.0 Å². The van der Waals surface area contributed by atoms with E-state index in [4.69, 9.17) is 4.74 Å². The minimum atomic E-state index is -3.73. The molecule has 2 heterocycles. The van der Waals surface area contributed by atoms with Crippen LogP contribution in [0.3, 0.4) is 0 Å². The molecular formula is C14H17N3O5S2. The Morgan fingerprint density at radius 2 is 2.12 bits per heavy atom. The van der Waals surface area contributed by atoms with Gasteiger partial charge in [-0.2, -0.15) is 0 Å². The third-order valence-electron chi connectivity index (χ3n) is 3.80. The van der Waals surface area contributed by atoms with E-state index in [-0.39, 0.29) is 34.9 Å². The molecule has 1 N–H and O–H groups in total. The van der Waals surface area contributed by atoms with Crippen LogP contribution in [0.1, 0.15) is 0 Å². The van der Waals surface area contributed by atoms with Crippen LogP contribution in [0, 0.1) is 0 Å². The summed E-state index contributed by atoms with van der Waals surface area (Å²) in [6.45, 7) is 1.24. The largest absolute Gasteiger partial charge is 0.490 e. The van der Waals surface area contributed by atoms with Crippen molar-refractivity contribution in [3.8, 4) is 5.75 Å². The molecule has 2 amide bonds. The van der Waals surface area contributed by atoms with Gasteiger partial charge in [-0.15, -0.1) is 0 Å². The zero-order valence-electron chi connectivity index (χ0n) is 13.0. The average Bonchev–Trinajstić information content (AvgIpc) is 2.87. The van der Waals surface area contributed by atoms with E-state index in [1.54, 1.807) is 12.1 Å². The highest BCUT2D eigenvalue weighted by Crippen LogP contribution is 2.32. The topological polar surface area (TPSA) is 96.0 Å². The standard InChI is InChI=1S/C14H17N3O5S2/c1-16-6-7-22-12-3-2-10(8-11(12)16)24(20,21)15-4-5-17-13(18)9-23-14(17)19/h2-3,8,15H,4-7,9H2,1H3. The van der Waals surface area contributed by atoms with E-state index >= 15 is 0 Å². The number of sulfonamides is 1. The number of rotatable bonds is 5. The maximum absolute atomic E-state index is 12.4. The zero-order valence-corrected chi connectivity index (χ0v) is 14.7. The van der Waals surface area contributed by atoms with Crippen LogP contribution in [0.15, 0.2) is 23.1 Å². The summed E-state index contributed by atoms with van der Waals surface area (Å²) in [6, 6.07) is 4.66. The first-order chi connectivity index (χ1) is 11.4. The van der Waals surface area contributed by atoms with Crippen molar-refractivity contribution in [3.63, 3.8) is 0 Å². The minimum absolute atomic E-state index is 0.0240. The van der Waals surface area contributed by atoms with E-state index in [0.29, 0.717) is 24.6 Å². The first-order valence-corrected chi connectivity index (χ1v) is 9.80. The number of nitrogens with one attached hydrogen (secondary N) is 1. The van der Waals surface area contributed by atoms with Gasteiger partial charge in [0, 0.05) is 20.1 Å². The molecule has 1 aromatic carbocycles. The highest BCUT2D eigenvalue weighted by molar-refractivity contribution is 8.14. The van der Waals surface area contributed by atoms with E-state index in [9.17, 15) is 18.0 Å². The van der Waals surface area contributed by atoms with Crippen molar-refractivity contribution in [2.45, 2.75) is 4.90 Å². The second kappa shape index (κ2) is 6.61. The van der Waals surface area contributed by atoms with E-state index in [0.717, 1.165) is 16.7 Å². The monoisotopic (exact) mass is 371 g/mol. The van der Waals surface area contributed by atoms with Crippen LogP contribution in [-0.2, 0) is 14.8 Å². The number of anilines is 1. The Bertz CT molecular complexity index is 765. The number of thioether (sulfide) groups is 1. The molecule has 2 aliphatic rings. The van der Waals surface area contributed by atoms with Gasteiger partial charge in [0.05, 0.1) is 22.9 Å². The van der Waals surface area contributed by atoms with Gasteiger partial charge < -0.3 is 9.64 Å². The van der Waals surface area contributed by atoms with Gasteiger partial charge in [0.15, 0.2) is 0 Å². The third kappa shape index (κ3) is 3.35. The molecular weight excluding hydrogens is 354 g/mol. The Kier molecular flexibility index (Phi) is 4.70. The van der Waals surface area contributed by atoms with Crippen molar-refractivity contribution in [1.82, 2.24) is 9.62 Å². The van der Waals surface area contributed by atoms with Crippen LogP contribution in [0.4, 0.5) is 10.5 Å². The molecule has 1 fully saturated rings. The molecule has 2 aliphatic heterocycles. The molecule has 0 atom stereocenters. The number of ether oxygens (including phenoxy) is 1. The van der Waals surface area contributed by atoms with Gasteiger partial charge in [-0.3, -0.25) is 14.5 Å². The summed E-state index contributed by atoms with van der Waals surface area (Å²) in [4.78, 5) is 26.1. The van der Waals surface area contributed by atoms with Crippen molar-refractivity contribution in [1.29, 1.82) is 0 Å². The number of amides is 2. The zero-order chi connectivity index (χ0) is 17.3. The van der Waals surface area contributed by atoms with Crippen LogP contribution in [-0.4, -0.2) is 63.5 Å². The Morgan fingerprint density at radius 3 is 2.83 bits per heavy atom. The van der Waals surface area contributed by atoms with Crippen LogP contribution < -0.4 is 14.4 Å². The van der Waals surface area contributed by atoms with Gasteiger partial charge in [0.1, 0.15) is 12.4 Å².